The van der Waals surface area contributed by atoms with Crippen molar-refractivity contribution in [2.24, 2.45) is 0 Å². The van der Waals surface area contributed by atoms with E-state index in [4.69, 9.17) is 8.42 Å². The van der Waals surface area contributed by atoms with Crippen molar-refractivity contribution in [3.05, 3.63) is 35.7 Å². The van der Waals surface area contributed by atoms with E-state index in [1.165, 1.54) is 0 Å². The highest BCUT2D eigenvalue weighted by Gasteiger charge is 1.99. The predicted molar refractivity (Wildman–Crippen MR) is 46.9 cm³/mol. The minimum atomic E-state index is -3.72. The molecule has 0 N–H and O–H groups in total. The highest BCUT2D eigenvalue weighted by molar-refractivity contribution is 8.31. The van der Waals surface area contributed by atoms with Crippen LogP contribution < -0.4 is 0 Å². The lowest BCUT2D eigenvalue weighted by Gasteiger charge is -1.88. The van der Waals surface area contributed by atoms with Gasteiger partial charge in [-0.15, -0.1) is 0 Å². The molecule has 0 spiro atoms. The number of benzene rings is 1. The van der Waals surface area contributed by atoms with Crippen molar-refractivity contribution in [2.75, 3.05) is 0 Å². The van der Waals surface area contributed by atoms with Gasteiger partial charge in [-0.1, -0.05) is 0 Å². The number of hydrogen-bond donors (Lipinski definition) is 0. The third-order valence-electron chi connectivity index (χ3n) is 0.882. The molecule has 0 aromatic heterocycles. The van der Waals surface area contributed by atoms with Gasteiger partial charge < -0.3 is 0 Å². The second-order valence-electron chi connectivity index (χ2n) is 1.94. The van der Waals surface area contributed by atoms with Crippen molar-refractivity contribution >= 4 is 29.6 Å². The van der Waals surface area contributed by atoms with Crippen LogP contribution in [-0.4, -0.2) is 8.42 Å². The van der Waals surface area contributed by atoms with Crippen LogP contribution in [0.15, 0.2) is 18.2 Å². The van der Waals surface area contributed by atoms with Gasteiger partial charge in [0.05, 0.1) is 0 Å². The van der Waals surface area contributed by atoms with Gasteiger partial charge in [-0.2, -0.15) is 8.42 Å². The van der Waals surface area contributed by atoms with E-state index in [0.717, 1.165) is 12.1 Å². The van der Waals surface area contributed by atoms with Gasteiger partial charge in [-0.25, -0.2) is 13.2 Å². The summed E-state index contributed by atoms with van der Waals surface area (Å²) >= 11 is 0. The van der Waals surface area contributed by atoms with Crippen LogP contribution in [0.2, 0.25) is 0 Å². The second-order valence-corrected chi connectivity index (χ2v) is 5.61. The molecule has 80 valence electrons. The van der Waals surface area contributed by atoms with Gasteiger partial charge in [0.2, 0.25) is 0 Å². The Balaban J connectivity index is 0.000000292. The van der Waals surface area contributed by atoms with Crippen LogP contribution in [0.1, 0.15) is 0 Å². The molecule has 0 aliphatic rings. The lowest BCUT2D eigenvalue weighted by atomic mass is 10.3. The summed E-state index contributed by atoms with van der Waals surface area (Å²) in [5.74, 6) is -2.96. The Hall–Kier alpha value is -0.460. The zero-order valence-corrected chi connectivity index (χ0v) is 8.67. The predicted octanol–water partition coefficient (Wildman–Crippen LogP) is 2.81. The molecule has 0 aliphatic heterocycles. The number of halogens is 5. The average molecular weight is 267 g/mol. The molecule has 0 unspecified atom stereocenters. The van der Waals surface area contributed by atoms with E-state index in [1.807, 2.05) is 0 Å². The molecule has 0 saturated carbocycles. The monoisotopic (exact) mass is 266 g/mol. The van der Waals surface area contributed by atoms with Crippen molar-refractivity contribution in [1.29, 1.82) is 0 Å². The molecule has 0 heterocycles. The van der Waals surface area contributed by atoms with Crippen LogP contribution >= 0.6 is 21.4 Å². The summed E-state index contributed by atoms with van der Waals surface area (Å²) in [6, 6.07) is 2.10. The van der Waals surface area contributed by atoms with Gasteiger partial charge in [0.15, 0.2) is 11.6 Å². The standard InChI is InChI=1S/C6H3F3.Cl2O2S/c7-4-1-2-5(8)6(9)3-4;1-5(2,3)4/h1-3H;. The largest absolute Gasteiger partial charge is 0.317 e. The molecule has 1 rings (SSSR count). The second kappa shape index (κ2) is 5.43. The first kappa shape index (κ1) is 13.5. The van der Waals surface area contributed by atoms with E-state index in [2.05, 4.69) is 21.4 Å². The Morgan fingerprint density at radius 3 is 1.71 bits per heavy atom. The summed E-state index contributed by atoms with van der Waals surface area (Å²) in [4.78, 5) is 0. The third-order valence-corrected chi connectivity index (χ3v) is 0.882. The summed E-state index contributed by atoms with van der Waals surface area (Å²) in [6.45, 7) is 0. The van der Waals surface area contributed by atoms with Crippen LogP contribution in [0, 0.1) is 17.5 Å². The average Bonchev–Trinajstić information content (AvgIpc) is 1.94. The summed E-state index contributed by atoms with van der Waals surface area (Å²) < 4.78 is 54.2. The molecule has 0 fully saturated rings. The minimum Gasteiger partial charge on any atom is -0.207 e. The van der Waals surface area contributed by atoms with E-state index >= 15 is 0 Å². The molecule has 1 aromatic rings. The lowest BCUT2D eigenvalue weighted by Crippen LogP contribution is -1.83. The fourth-order valence-electron chi connectivity index (χ4n) is 0.470. The Labute approximate surface area is 87.2 Å². The lowest BCUT2D eigenvalue weighted by molar-refractivity contribution is 0.495. The fourth-order valence-corrected chi connectivity index (χ4v) is 0.470. The number of rotatable bonds is 0. The SMILES string of the molecule is Fc1ccc(F)c(F)c1.O=S(=O)(Cl)Cl. The molecule has 0 saturated heterocycles. The summed E-state index contributed by atoms with van der Waals surface area (Å²) in [5.41, 5.74) is 0. The van der Waals surface area contributed by atoms with Crippen molar-refractivity contribution in [2.45, 2.75) is 0 Å². The van der Waals surface area contributed by atoms with Crippen LogP contribution in [-0.2, 0) is 8.26 Å². The maximum absolute atomic E-state index is 12.0. The van der Waals surface area contributed by atoms with E-state index in [9.17, 15) is 13.2 Å². The molecular weight excluding hydrogens is 264 g/mol. The fraction of sp³-hybridized carbons (Fsp3) is 0. The Morgan fingerprint density at radius 2 is 1.43 bits per heavy atom. The van der Waals surface area contributed by atoms with Gasteiger partial charge in [0.25, 0.3) is 0 Å². The van der Waals surface area contributed by atoms with Gasteiger partial charge in [0, 0.05) is 27.4 Å². The first-order valence-electron chi connectivity index (χ1n) is 2.95. The molecule has 0 bridgehead atoms. The Kier molecular flexibility index (Phi) is 5.25. The van der Waals surface area contributed by atoms with Crippen LogP contribution in [0.4, 0.5) is 13.2 Å². The smallest absolute Gasteiger partial charge is 0.207 e. The summed E-state index contributed by atoms with van der Waals surface area (Å²) in [6.07, 6.45) is 0. The molecule has 0 radical (unpaired) electrons. The first-order chi connectivity index (χ1) is 6.20. The van der Waals surface area contributed by atoms with Gasteiger partial charge >= 0.3 is 8.26 Å². The maximum atomic E-state index is 12.0. The minimum absolute atomic E-state index is 0.495. The molecule has 1 aromatic carbocycles. The normalized spacial score (nSPS) is 10.4. The van der Waals surface area contributed by atoms with Crippen molar-refractivity contribution < 1.29 is 21.6 Å². The van der Waals surface area contributed by atoms with E-state index in [-0.39, 0.29) is 0 Å². The molecule has 2 nitrogen and oxygen atoms in total. The quantitative estimate of drug-likeness (QED) is 0.535. The van der Waals surface area contributed by atoms with Crippen LogP contribution in [0.3, 0.4) is 0 Å². The Bertz CT molecular complexity index is 400. The van der Waals surface area contributed by atoms with Crippen LogP contribution in [0.5, 0.6) is 0 Å². The Morgan fingerprint density at radius 1 is 1.00 bits per heavy atom. The zero-order valence-electron chi connectivity index (χ0n) is 6.35. The highest BCUT2D eigenvalue weighted by Crippen LogP contribution is 2.05. The van der Waals surface area contributed by atoms with E-state index in [0.29, 0.717) is 6.07 Å². The van der Waals surface area contributed by atoms with E-state index in [1.54, 1.807) is 0 Å². The zero-order chi connectivity index (χ0) is 11.4. The molecule has 0 atom stereocenters. The molecule has 8 heteroatoms. The molecule has 14 heavy (non-hydrogen) atoms. The molecular formula is C6H3Cl2F3O2S. The van der Waals surface area contributed by atoms with Gasteiger partial charge in [-0.3, -0.25) is 0 Å². The van der Waals surface area contributed by atoms with E-state index < -0.39 is 25.7 Å². The highest BCUT2D eigenvalue weighted by atomic mass is 36.0. The molecule has 0 amide bonds. The first-order valence-corrected chi connectivity index (χ1v) is 6.08. The molecule has 0 aliphatic carbocycles. The van der Waals surface area contributed by atoms with Crippen molar-refractivity contribution in [1.82, 2.24) is 0 Å². The van der Waals surface area contributed by atoms with Crippen molar-refractivity contribution in [3.8, 4) is 0 Å². The summed E-state index contributed by atoms with van der Waals surface area (Å²) in [5, 5.41) is 0. The number of hydrogen-bond acceptors (Lipinski definition) is 2. The van der Waals surface area contributed by atoms with Crippen LogP contribution in [0.25, 0.3) is 0 Å². The third kappa shape index (κ3) is 8.15. The maximum Gasteiger partial charge on any atom is 0.317 e. The van der Waals surface area contributed by atoms with Gasteiger partial charge in [-0.05, 0) is 12.1 Å². The van der Waals surface area contributed by atoms with Crippen molar-refractivity contribution in [3.63, 3.8) is 0 Å². The topological polar surface area (TPSA) is 34.1 Å². The van der Waals surface area contributed by atoms with Gasteiger partial charge in [0.1, 0.15) is 5.82 Å². The summed E-state index contributed by atoms with van der Waals surface area (Å²) in [7, 11) is 4.81.